The van der Waals surface area contributed by atoms with Crippen molar-refractivity contribution in [1.29, 1.82) is 0 Å². The van der Waals surface area contributed by atoms with Gasteiger partial charge in [0, 0.05) is 10.8 Å². The highest BCUT2D eigenvalue weighted by Crippen LogP contribution is 2.30. The van der Waals surface area contributed by atoms with Crippen LogP contribution < -0.4 is 0 Å². The van der Waals surface area contributed by atoms with E-state index in [0.29, 0.717) is 21.9 Å². The molecule has 2 aromatic rings. The van der Waals surface area contributed by atoms with Crippen LogP contribution >= 0.6 is 0 Å². The fourth-order valence-corrected chi connectivity index (χ4v) is 1.86. The molecule has 0 fully saturated rings. The van der Waals surface area contributed by atoms with Crippen molar-refractivity contribution in [2.75, 3.05) is 7.11 Å². The van der Waals surface area contributed by atoms with Crippen molar-refractivity contribution < 1.29 is 14.6 Å². The van der Waals surface area contributed by atoms with Gasteiger partial charge in [-0.15, -0.1) is 0 Å². The molecule has 0 atom stereocenters. The molecule has 0 bridgehead atoms. The van der Waals surface area contributed by atoms with Crippen LogP contribution in [0.2, 0.25) is 0 Å². The predicted molar refractivity (Wildman–Crippen MR) is 61.7 cm³/mol. The molecule has 0 saturated carbocycles. The first-order valence-corrected chi connectivity index (χ1v) is 4.94. The van der Waals surface area contributed by atoms with Crippen LogP contribution in [-0.4, -0.2) is 18.2 Å². The smallest absolute Gasteiger partial charge is 0.338 e. The van der Waals surface area contributed by atoms with E-state index in [-0.39, 0.29) is 11.7 Å². The molecule has 1 N–H and O–H groups in total. The number of hydrogen-bond donors (Lipinski definition) is 1. The lowest BCUT2D eigenvalue weighted by atomic mass is 9.99. The van der Waals surface area contributed by atoms with Crippen molar-refractivity contribution in [2.24, 2.45) is 0 Å². The maximum Gasteiger partial charge on any atom is 0.338 e. The van der Waals surface area contributed by atoms with Crippen LogP contribution in [0.15, 0.2) is 30.3 Å². The zero-order valence-electron chi connectivity index (χ0n) is 9.15. The fraction of sp³-hybridized carbons (Fsp3) is 0.154. The molecule has 0 saturated heterocycles. The Morgan fingerprint density at radius 3 is 2.50 bits per heavy atom. The molecule has 82 valence electrons. The van der Waals surface area contributed by atoms with Gasteiger partial charge in [0.15, 0.2) is 0 Å². The number of aromatic hydroxyl groups is 1. The second-order valence-corrected chi connectivity index (χ2v) is 3.62. The summed E-state index contributed by atoms with van der Waals surface area (Å²) in [6.45, 7) is 1.78. The lowest BCUT2D eigenvalue weighted by Gasteiger charge is -2.09. The Kier molecular flexibility index (Phi) is 2.52. The summed E-state index contributed by atoms with van der Waals surface area (Å²) >= 11 is 0. The van der Waals surface area contributed by atoms with Crippen LogP contribution in [-0.2, 0) is 4.74 Å². The topological polar surface area (TPSA) is 46.5 Å². The largest absolute Gasteiger partial charge is 0.507 e. The average Bonchev–Trinajstić information content (AvgIpc) is 2.28. The van der Waals surface area contributed by atoms with Crippen molar-refractivity contribution in [3.05, 3.63) is 41.5 Å². The van der Waals surface area contributed by atoms with E-state index in [0.717, 1.165) is 0 Å². The first-order chi connectivity index (χ1) is 7.65. The third kappa shape index (κ3) is 1.50. The lowest BCUT2D eigenvalue weighted by molar-refractivity contribution is 0.0602. The normalized spacial score (nSPS) is 10.4. The highest BCUT2D eigenvalue weighted by molar-refractivity contribution is 6.07. The summed E-state index contributed by atoms with van der Waals surface area (Å²) < 4.78 is 4.74. The Morgan fingerprint density at radius 2 is 1.88 bits per heavy atom. The zero-order valence-corrected chi connectivity index (χ0v) is 9.15. The molecular formula is C13H12O3. The number of aryl methyl sites for hydroxylation is 1. The van der Waals surface area contributed by atoms with Gasteiger partial charge in [0.2, 0.25) is 0 Å². The van der Waals surface area contributed by atoms with E-state index >= 15 is 0 Å². The van der Waals surface area contributed by atoms with Crippen LogP contribution in [0, 0.1) is 6.92 Å². The molecule has 3 heteroatoms. The molecular weight excluding hydrogens is 204 g/mol. The van der Waals surface area contributed by atoms with Crippen LogP contribution in [0.4, 0.5) is 0 Å². The van der Waals surface area contributed by atoms with Gasteiger partial charge < -0.3 is 9.84 Å². The first kappa shape index (κ1) is 10.5. The number of benzene rings is 2. The van der Waals surface area contributed by atoms with Crippen molar-refractivity contribution in [2.45, 2.75) is 6.92 Å². The molecule has 0 unspecified atom stereocenters. The minimum Gasteiger partial charge on any atom is -0.507 e. The minimum atomic E-state index is -0.381. The summed E-state index contributed by atoms with van der Waals surface area (Å²) in [5.41, 5.74) is 1.22. The van der Waals surface area contributed by atoms with Crippen molar-refractivity contribution in [1.82, 2.24) is 0 Å². The Balaban J connectivity index is 2.87. The van der Waals surface area contributed by atoms with E-state index in [4.69, 9.17) is 4.74 Å². The Hall–Kier alpha value is -2.03. The molecule has 0 aromatic heterocycles. The standard InChI is InChI=1S/C13H12O3/c1-8-7-11(14)9-5-3-4-6-10(9)12(8)13(15)16-2/h3-7,14H,1-2H3. The van der Waals surface area contributed by atoms with E-state index in [1.54, 1.807) is 25.1 Å². The highest BCUT2D eigenvalue weighted by atomic mass is 16.5. The van der Waals surface area contributed by atoms with Gasteiger partial charge in [-0.2, -0.15) is 0 Å². The van der Waals surface area contributed by atoms with Gasteiger partial charge in [-0.05, 0) is 18.6 Å². The average molecular weight is 216 g/mol. The molecule has 2 rings (SSSR count). The highest BCUT2D eigenvalue weighted by Gasteiger charge is 2.15. The number of ether oxygens (including phenoxy) is 1. The number of fused-ring (bicyclic) bond motifs is 1. The van der Waals surface area contributed by atoms with Crippen molar-refractivity contribution in [3.63, 3.8) is 0 Å². The molecule has 0 aliphatic heterocycles. The summed E-state index contributed by atoms with van der Waals surface area (Å²) in [5, 5.41) is 11.2. The summed E-state index contributed by atoms with van der Waals surface area (Å²) in [4.78, 5) is 11.7. The van der Waals surface area contributed by atoms with Gasteiger partial charge in [0.05, 0.1) is 12.7 Å². The number of carbonyl (C=O) groups excluding carboxylic acids is 1. The number of methoxy groups -OCH3 is 1. The monoisotopic (exact) mass is 216 g/mol. The van der Waals surface area contributed by atoms with E-state index in [1.165, 1.54) is 7.11 Å². The van der Waals surface area contributed by atoms with Crippen LogP contribution in [0.1, 0.15) is 15.9 Å². The number of hydrogen-bond acceptors (Lipinski definition) is 3. The fourth-order valence-electron chi connectivity index (χ4n) is 1.86. The Morgan fingerprint density at radius 1 is 1.25 bits per heavy atom. The Labute approximate surface area is 93.3 Å². The quantitative estimate of drug-likeness (QED) is 0.745. The molecule has 0 aliphatic carbocycles. The first-order valence-electron chi connectivity index (χ1n) is 4.94. The van der Waals surface area contributed by atoms with Crippen LogP contribution in [0.5, 0.6) is 5.75 Å². The molecule has 0 heterocycles. The second kappa shape index (κ2) is 3.85. The van der Waals surface area contributed by atoms with Crippen molar-refractivity contribution in [3.8, 4) is 5.75 Å². The molecule has 3 nitrogen and oxygen atoms in total. The number of carbonyl (C=O) groups is 1. The number of phenolic OH excluding ortho intramolecular Hbond substituents is 1. The number of phenols is 1. The Bertz CT molecular complexity index is 558. The van der Waals surface area contributed by atoms with Crippen molar-refractivity contribution >= 4 is 16.7 Å². The van der Waals surface area contributed by atoms with Crippen LogP contribution in [0.25, 0.3) is 10.8 Å². The third-order valence-electron chi connectivity index (χ3n) is 2.61. The van der Waals surface area contributed by atoms with Gasteiger partial charge in [0.25, 0.3) is 0 Å². The molecule has 16 heavy (non-hydrogen) atoms. The summed E-state index contributed by atoms with van der Waals surface area (Å²) in [6, 6.07) is 8.80. The molecule has 0 radical (unpaired) electrons. The van der Waals surface area contributed by atoms with E-state index in [2.05, 4.69) is 0 Å². The summed E-state index contributed by atoms with van der Waals surface area (Å²) in [6.07, 6.45) is 0. The van der Waals surface area contributed by atoms with Gasteiger partial charge in [0.1, 0.15) is 5.75 Å². The second-order valence-electron chi connectivity index (χ2n) is 3.62. The van der Waals surface area contributed by atoms with E-state index in [1.807, 2.05) is 12.1 Å². The SMILES string of the molecule is COC(=O)c1c(C)cc(O)c2ccccc12. The summed E-state index contributed by atoms with van der Waals surface area (Å²) in [5.74, 6) is -0.200. The molecule has 0 aliphatic rings. The zero-order chi connectivity index (χ0) is 11.7. The predicted octanol–water partition coefficient (Wildman–Crippen LogP) is 2.64. The number of esters is 1. The third-order valence-corrected chi connectivity index (χ3v) is 2.61. The molecule has 0 spiro atoms. The number of rotatable bonds is 1. The maximum absolute atomic E-state index is 11.7. The molecule has 2 aromatic carbocycles. The van der Waals surface area contributed by atoms with Gasteiger partial charge in [-0.1, -0.05) is 24.3 Å². The van der Waals surface area contributed by atoms with Crippen LogP contribution in [0.3, 0.4) is 0 Å². The van der Waals surface area contributed by atoms with Gasteiger partial charge >= 0.3 is 5.97 Å². The van der Waals surface area contributed by atoms with Gasteiger partial charge in [-0.25, -0.2) is 4.79 Å². The summed E-state index contributed by atoms with van der Waals surface area (Å²) in [7, 11) is 1.35. The van der Waals surface area contributed by atoms with Gasteiger partial charge in [-0.3, -0.25) is 0 Å². The minimum absolute atomic E-state index is 0.181. The lowest BCUT2D eigenvalue weighted by Crippen LogP contribution is -2.04. The van der Waals surface area contributed by atoms with E-state index < -0.39 is 0 Å². The molecule has 0 amide bonds. The van der Waals surface area contributed by atoms with E-state index in [9.17, 15) is 9.90 Å². The maximum atomic E-state index is 11.7.